The van der Waals surface area contributed by atoms with Crippen molar-refractivity contribution in [3.8, 4) is 11.5 Å². The van der Waals surface area contributed by atoms with Crippen LogP contribution in [0.3, 0.4) is 0 Å². The molecular weight excluding hydrogens is 566 g/mol. The highest BCUT2D eigenvalue weighted by Crippen LogP contribution is 2.35. The molecule has 3 aliphatic heterocycles. The molecule has 1 aromatic carbocycles. The minimum Gasteiger partial charge on any atom is -0.490 e. The number of pyridine rings is 1. The van der Waals surface area contributed by atoms with Crippen molar-refractivity contribution in [1.82, 2.24) is 20.1 Å². The summed E-state index contributed by atoms with van der Waals surface area (Å²) in [5, 5.41) is 2.22. The van der Waals surface area contributed by atoms with E-state index in [1.807, 2.05) is 6.07 Å². The first kappa shape index (κ1) is 29.7. The molecule has 12 heteroatoms. The van der Waals surface area contributed by atoms with E-state index in [-0.39, 0.29) is 30.1 Å². The Kier molecular flexibility index (Phi) is 8.35. The van der Waals surface area contributed by atoms with E-state index in [1.165, 1.54) is 0 Å². The number of piperidine rings is 2. The highest BCUT2D eigenvalue weighted by molar-refractivity contribution is 6.23. The van der Waals surface area contributed by atoms with Crippen LogP contribution in [-0.4, -0.2) is 88.7 Å². The first-order valence-electron chi connectivity index (χ1n) is 15.3. The summed E-state index contributed by atoms with van der Waals surface area (Å²) in [5.74, 6) is 0.359. The molecule has 1 unspecified atom stereocenters. The minimum atomic E-state index is -0.987. The Morgan fingerprint density at radius 3 is 2.39 bits per heavy atom. The maximum absolute atomic E-state index is 13.2. The summed E-state index contributed by atoms with van der Waals surface area (Å²) in [6.45, 7) is 7.73. The lowest BCUT2D eigenvalue weighted by molar-refractivity contribution is -0.136. The summed E-state index contributed by atoms with van der Waals surface area (Å²) in [6, 6.07) is 8.35. The van der Waals surface area contributed by atoms with Crippen molar-refractivity contribution in [3.05, 3.63) is 47.7 Å². The highest BCUT2D eigenvalue weighted by atomic mass is 16.5. The van der Waals surface area contributed by atoms with Crippen molar-refractivity contribution < 1.29 is 33.4 Å². The van der Waals surface area contributed by atoms with E-state index in [0.717, 1.165) is 56.0 Å². The topological polar surface area (TPSA) is 138 Å². The summed E-state index contributed by atoms with van der Waals surface area (Å²) >= 11 is 0. The predicted octanol–water partition coefficient (Wildman–Crippen LogP) is 2.55. The van der Waals surface area contributed by atoms with Crippen LogP contribution in [0.5, 0.6) is 11.5 Å². The van der Waals surface area contributed by atoms with Gasteiger partial charge >= 0.3 is 0 Å². The van der Waals surface area contributed by atoms with Gasteiger partial charge in [0.1, 0.15) is 29.5 Å². The Hall–Kier alpha value is -4.32. The van der Waals surface area contributed by atoms with Gasteiger partial charge in [-0.2, -0.15) is 0 Å². The van der Waals surface area contributed by atoms with Gasteiger partial charge in [-0.25, -0.2) is 4.98 Å². The largest absolute Gasteiger partial charge is 0.490 e. The second kappa shape index (κ2) is 12.4. The van der Waals surface area contributed by atoms with Crippen molar-refractivity contribution >= 4 is 35.9 Å². The molecule has 1 aromatic heterocycles. The van der Waals surface area contributed by atoms with Crippen LogP contribution in [0.1, 0.15) is 73.1 Å². The predicted molar refractivity (Wildman–Crippen MR) is 158 cm³/mol. The number of carbonyl (C=O) groups excluding carboxylic acids is 5. The van der Waals surface area contributed by atoms with Crippen LogP contribution in [0.15, 0.2) is 36.5 Å². The van der Waals surface area contributed by atoms with E-state index in [2.05, 4.69) is 33.9 Å². The van der Waals surface area contributed by atoms with E-state index in [0.29, 0.717) is 36.0 Å². The summed E-state index contributed by atoms with van der Waals surface area (Å²) in [6.07, 6.45) is 5.69. The third-order valence-electron chi connectivity index (χ3n) is 9.23. The Morgan fingerprint density at radius 2 is 1.73 bits per heavy atom. The lowest BCUT2D eigenvalue weighted by Gasteiger charge is -2.46. The molecule has 6 rings (SSSR count). The van der Waals surface area contributed by atoms with Crippen LogP contribution in [0, 0.1) is 5.92 Å². The molecule has 232 valence electrons. The van der Waals surface area contributed by atoms with Gasteiger partial charge < -0.3 is 14.4 Å². The molecule has 3 fully saturated rings. The maximum Gasteiger partial charge on any atom is 0.298 e. The van der Waals surface area contributed by atoms with Crippen molar-refractivity contribution in [2.24, 2.45) is 5.92 Å². The van der Waals surface area contributed by atoms with Gasteiger partial charge in [-0.3, -0.25) is 39.1 Å². The lowest BCUT2D eigenvalue weighted by atomic mass is 9.85. The molecule has 12 nitrogen and oxygen atoms in total. The molecule has 2 saturated heterocycles. The van der Waals surface area contributed by atoms with Crippen molar-refractivity contribution in [1.29, 1.82) is 0 Å². The fourth-order valence-corrected chi connectivity index (χ4v) is 6.73. The number of hydrogen-bond acceptors (Lipinski definition) is 10. The summed E-state index contributed by atoms with van der Waals surface area (Å²) in [5.41, 5.74) is 0.471. The van der Waals surface area contributed by atoms with Gasteiger partial charge in [0, 0.05) is 51.0 Å². The van der Waals surface area contributed by atoms with Gasteiger partial charge in [-0.15, -0.1) is 0 Å². The van der Waals surface area contributed by atoms with Gasteiger partial charge in [0.15, 0.2) is 0 Å². The summed E-state index contributed by atoms with van der Waals surface area (Å²) in [7, 11) is 0. The van der Waals surface area contributed by atoms with Crippen LogP contribution < -0.4 is 19.7 Å². The molecule has 4 aliphatic rings. The minimum absolute atomic E-state index is 0.0110. The van der Waals surface area contributed by atoms with Gasteiger partial charge in [0.25, 0.3) is 18.3 Å². The second-order valence-electron chi connectivity index (χ2n) is 12.3. The van der Waals surface area contributed by atoms with E-state index < -0.39 is 29.7 Å². The van der Waals surface area contributed by atoms with E-state index in [9.17, 15) is 24.0 Å². The average molecular weight is 604 g/mol. The Balaban J connectivity index is 1.00. The third kappa shape index (κ3) is 5.90. The van der Waals surface area contributed by atoms with Crippen molar-refractivity contribution in [2.75, 3.05) is 24.5 Å². The van der Waals surface area contributed by atoms with E-state index in [1.54, 1.807) is 30.5 Å². The Bertz CT molecular complexity index is 1450. The van der Waals surface area contributed by atoms with Crippen LogP contribution in [0.2, 0.25) is 0 Å². The summed E-state index contributed by atoms with van der Waals surface area (Å²) in [4.78, 5) is 70.8. The second-order valence-corrected chi connectivity index (χ2v) is 12.3. The molecule has 1 saturated carbocycles. The van der Waals surface area contributed by atoms with E-state index >= 15 is 0 Å². The molecular formula is C32H37N5O7. The van der Waals surface area contributed by atoms with Crippen LogP contribution in [-0.2, 0) is 14.4 Å². The molecule has 0 radical (unpaired) electrons. The van der Waals surface area contributed by atoms with Crippen molar-refractivity contribution in [3.63, 3.8) is 0 Å². The van der Waals surface area contributed by atoms with Crippen molar-refractivity contribution in [2.45, 2.75) is 76.6 Å². The van der Waals surface area contributed by atoms with Crippen LogP contribution >= 0.6 is 0 Å². The molecule has 0 spiro atoms. The quantitative estimate of drug-likeness (QED) is 0.319. The van der Waals surface area contributed by atoms with Gasteiger partial charge in [0.2, 0.25) is 11.8 Å². The van der Waals surface area contributed by atoms with Gasteiger partial charge in [0.05, 0.1) is 17.3 Å². The number of rotatable bonds is 10. The zero-order valence-corrected chi connectivity index (χ0v) is 24.9. The zero-order chi connectivity index (χ0) is 31.0. The molecule has 0 bridgehead atoms. The molecule has 4 amide bonds. The standard InChI is InChI=1S/C32H37N5O7/c1-19(2)36(17-20-9-11-35(12-10-20)28-7-4-23(16-33-28)43-18-38)21-13-24(14-21)44-22-3-5-25-26(15-22)32(42)37(31(25)41)27-6-8-29(39)34-30(27)40/h3-5,7,15-16,18-21,24,27H,6,8-14,17H2,1-2H3,(H,34,39,40). The van der Waals surface area contributed by atoms with Gasteiger partial charge in [-0.1, -0.05) is 0 Å². The molecule has 44 heavy (non-hydrogen) atoms. The zero-order valence-electron chi connectivity index (χ0n) is 24.9. The molecule has 4 heterocycles. The number of amides is 4. The number of imide groups is 2. The number of ether oxygens (including phenoxy) is 2. The van der Waals surface area contributed by atoms with Crippen LogP contribution in [0.4, 0.5) is 5.82 Å². The molecule has 1 atom stereocenters. The average Bonchev–Trinajstić information content (AvgIpc) is 3.23. The number of aromatic nitrogens is 1. The fraction of sp³-hybridized carbons (Fsp3) is 0.500. The van der Waals surface area contributed by atoms with Gasteiger partial charge in [-0.05, 0) is 69.4 Å². The maximum atomic E-state index is 13.2. The monoisotopic (exact) mass is 603 g/mol. The van der Waals surface area contributed by atoms with Crippen LogP contribution in [0.25, 0.3) is 0 Å². The Labute approximate surface area is 255 Å². The first-order valence-corrected chi connectivity index (χ1v) is 15.3. The number of nitrogens with one attached hydrogen (secondary N) is 1. The number of anilines is 1. The highest BCUT2D eigenvalue weighted by Gasteiger charge is 2.45. The fourth-order valence-electron chi connectivity index (χ4n) is 6.73. The number of carbonyl (C=O) groups is 5. The lowest BCUT2D eigenvalue weighted by Crippen LogP contribution is -2.54. The Morgan fingerprint density at radius 1 is 1.00 bits per heavy atom. The molecule has 1 aliphatic carbocycles. The smallest absolute Gasteiger partial charge is 0.298 e. The molecule has 1 N–H and O–H groups in total. The number of benzene rings is 1. The summed E-state index contributed by atoms with van der Waals surface area (Å²) < 4.78 is 11.1. The number of hydrogen-bond donors (Lipinski definition) is 1. The third-order valence-corrected chi connectivity index (χ3v) is 9.23. The normalized spacial score (nSPS) is 24.0. The first-order chi connectivity index (χ1) is 21.2. The SMILES string of the molecule is CC(C)N(CC1CCN(c2ccc(OC=O)cn2)CC1)C1CC(Oc2ccc3c(c2)C(=O)N(C2CCC(=O)NC2=O)C3=O)C1. The number of nitrogens with zero attached hydrogens (tertiary/aromatic N) is 4. The number of fused-ring (bicyclic) bond motifs is 1. The van der Waals surface area contributed by atoms with E-state index in [4.69, 9.17) is 9.47 Å². The molecule has 2 aromatic rings.